The molecule has 0 spiro atoms. The molecule has 0 unspecified atom stereocenters. The van der Waals surface area contributed by atoms with Crippen LogP contribution in [0.5, 0.6) is 0 Å². The third kappa shape index (κ3) is 4.84. The van der Waals surface area contributed by atoms with Crippen LogP contribution in [0.3, 0.4) is 0 Å². The highest BCUT2D eigenvalue weighted by atomic mass is 35.5. The predicted molar refractivity (Wildman–Crippen MR) is 99.6 cm³/mol. The van der Waals surface area contributed by atoms with Gasteiger partial charge in [-0.1, -0.05) is 23.7 Å². The van der Waals surface area contributed by atoms with Crippen molar-refractivity contribution in [2.75, 3.05) is 5.75 Å². The zero-order chi connectivity index (χ0) is 18.4. The van der Waals surface area contributed by atoms with Crippen molar-refractivity contribution >= 4 is 35.2 Å². The van der Waals surface area contributed by atoms with E-state index in [-0.39, 0.29) is 11.7 Å². The fraction of sp³-hybridized carbons (Fsp3) is 0.0588. The summed E-state index contributed by atoms with van der Waals surface area (Å²) in [7, 11) is 0. The summed E-state index contributed by atoms with van der Waals surface area (Å²) < 4.78 is 0. The van der Waals surface area contributed by atoms with Gasteiger partial charge in [-0.25, -0.2) is 4.98 Å². The first-order chi connectivity index (χ1) is 12.6. The Morgan fingerprint density at radius 2 is 1.77 bits per heavy atom. The Hall–Kier alpha value is -2.84. The molecular weight excluding hydrogens is 374 g/mol. The molecule has 1 aromatic heterocycles. The van der Waals surface area contributed by atoms with Crippen molar-refractivity contribution in [2.45, 2.75) is 4.90 Å². The molecule has 0 aliphatic heterocycles. The van der Waals surface area contributed by atoms with E-state index >= 15 is 0 Å². The number of carbonyl (C=O) groups excluding carboxylic acids is 2. The molecule has 2 amide bonds. The Morgan fingerprint density at radius 3 is 2.42 bits per heavy atom. The summed E-state index contributed by atoms with van der Waals surface area (Å²) in [5.41, 5.74) is 6.00. The number of carbonyl (C=O) groups is 2. The Labute approximate surface area is 158 Å². The van der Waals surface area contributed by atoms with Crippen LogP contribution in [0.25, 0.3) is 11.4 Å². The van der Waals surface area contributed by atoms with Crippen LogP contribution < -0.4 is 10.9 Å². The first-order valence-electron chi connectivity index (χ1n) is 7.55. The first-order valence-corrected chi connectivity index (χ1v) is 8.91. The summed E-state index contributed by atoms with van der Waals surface area (Å²) in [6.45, 7) is 0. The number of hydrogen-bond donors (Lipinski definition) is 3. The van der Waals surface area contributed by atoms with Crippen molar-refractivity contribution in [3.05, 3.63) is 65.4 Å². The lowest BCUT2D eigenvalue weighted by Gasteiger charge is -2.08. The van der Waals surface area contributed by atoms with Crippen molar-refractivity contribution in [1.82, 2.24) is 26.0 Å². The van der Waals surface area contributed by atoms with E-state index in [1.54, 1.807) is 36.4 Å². The van der Waals surface area contributed by atoms with E-state index in [4.69, 9.17) is 11.6 Å². The lowest BCUT2D eigenvalue weighted by Crippen LogP contribution is -2.42. The van der Waals surface area contributed by atoms with Crippen molar-refractivity contribution < 1.29 is 9.59 Å². The normalized spacial score (nSPS) is 10.3. The molecule has 3 aromatic rings. The zero-order valence-corrected chi connectivity index (χ0v) is 15.0. The van der Waals surface area contributed by atoms with Gasteiger partial charge in [-0.3, -0.25) is 25.5 Å². The van der Waals surface area contributed by atoms with Crippen LogP contribution in [-0.4, -0.2) is 32.7 Å². The fourth-order valence-corrected chi connectivity index (χ4v) is 2.86. The van der Waals surface area contributed by atoms with Gasteiger partial charge in [-0.15, -0.1) is 11.8 Å². The van der Waals surface area contributed by atoms with Crippen LogP contribution in [0.2, 0.25) is 5.02 Å². The number of hydrazine groups is 1. The van der Waals surface area contributed by atoms with E-state index in [0.717, 1.165) is 10.5 Å². The van der Waals surface area contributed by atoms with E-state index in [1.165, 1.54) is 18.1 Å². The van der Waals surface area contributed by atoms with Crippen molar-refractivity contribution in [1.29, 1.82) is 0 Å². The van der Waals surface area contributed by atoms with Gasteiger partial charge in [0.2, 0.25) is 5.91 Å². The Kier molecular flexibility index (Phi) is 5.88. The summed E-state index contributed by atoms with van der Waals surface area (Å²) in [4.78, 5) is 28.9. The van der Waals surface area contributed by atoms with Gasteiger partial charge in [0.25, 0.3) is 5.91 Å². The highest BCUT2D eigenvalue weighted by Gasteiger charge is 2.09. The maximum Gasteiger partial charge on any atom is 0.269 e. The highest BCUT2D eigenvalue weighted by molar-refractivity contribution is 8.00. The number of thioether (sulfide) groups is 1. The van der Waals surface area contributed by atoms with E-state index in [2.05, 4.69) is 26.0 Å². The van der Waals surface area contributed by atoms with E-state index < -0.39 is 5.91 Å². The van der Waals surface area contributed by atoms with Gasteiger partial charge >= 0.3 is 0 Å². The molecule has 2 aromatic carbocycles. The number of nitrogens with zero attached hydrogens (tertiary/aromatic N) is 2. The molecule has 3 rings (SSSR count). The van der Waals surface area contributed by atoms with Gasteiger partial charge in [0, 0.05) is 21.0 Å². The smallest absolute Gasteiger partial charge is 0.269 e. The second-order valence-electron chi connectivity index (χ2n) is 5.16. The van der Waals surface area contributed by atoms with Gasteiger partial charge in [0.1, 0.15) is 6.33 Å². The summed E-state index contributed by atoms with van der Waals surface area (Å²) >= 11 is 7.16. The quantitative estimate of drug-likeness (QED) is 0.461. The largest absolute Gasteiger partial charge is 0.272 e. The summed E-state index contributed by atoms with van der Waals surface area (Å²) in [6, 6.07) is 13.9. The second kappa shape index (κ2) is 8.50. The fourth-order valence-electron chi connectivity index (χ4n) is 2.04. The summed E-state index contributed by atoms with van der Waals surface area (Å²) in [6.07, 6.45) is 1.41. The van der Waals surface area contributed by atoms with Crippen molar-refractivity contribution in [3.63, 3.8) is 0 Å². The zero-order valence-electron chi connectivity index (χ0n) is 13.4. The molecule has 9 heteroatoms. The van der Waals surface area contributed by atoms with Crippen LogP contribution in [0.1, 0.15) is 10.4 Å². The number of aromatic nitrogens is 3. The highest BCUT2D eigenvalue weighted by Crippen LogP contribution is 2.19. The molecule has 0 atom stereocenters. The maximum atomic E-state index is 12.1. The molecule has 26 heavy (non-hydrogen) atoms. The number of aromatic amines is 1. The molecule has 7 nitrogen and oxygen atoms in total. The third-order valence-corrected chi connectivity index (χ3v) is 4.60. The summed E-state index contributed by atoms with van der Waals surface area (Å²) in [5, 5.41) is 7.16. The number of benzene rings is 2. The molecule has 0 radical (unpaired) electrons. The van der Waals surface area contributed by atoms with Crippen LogP contribution >= 0.6 is 23.4 Å². The predicted octanol–water partition coefficient (Wildman–Crippen LogP) is 2.68. The standard InChI is InChI=1S/C17H14ClN5O2S/c18-13-5-7-14(8-6-13)26-9-15(24)21-23-17(25)12-3-1-11(2-4-12)16-19-10-20-22-16/h1-8,10H,9H2,(H,21,24)(H,23,25)(H,19,20,22). The van der Waals surface area contributed by atoms with E-state index in [9.17, 15) is 9.59 Å². The number of amides is 2. The number of halogens is 1. The van der Waals surface area contributed by atoms with Gasteiger partial charge in [-0.2, -0.15) is 5.10 Å². The van der Waals surface area contributed by atoms with E-state index in [1.807, 2.05) is 12.1 Å². The molecule has 0 saturated carbocycles. The minimum atomic E-state index is -0.404. The van der Waals surface area contributed by atoms with Gasteiger partial charge < -0.3 is 0 Å². The molecule has 0 bridgehead atoms. The summed E-state index contributed by atoms with van der Waals surface area (Å²) in [5.74, 6) is 0.0758. The van der Waals surface area contributed by atoms with Gasteiger partial charge in [0.15, 0.2) is 5.82 Å². The average molecular weight is 388 g/mol. The molecule has 3 N–H and O–H groups in total. The van der Waals surface area contributed by atoms with Crippen LogP contribution in [0, 0.1) is 0 Å². The number of hydrogen-bond acceptors (Lipinski definition) is 5. The molecular formula is C17H14ClN5O2S. The third-order valence-electron chi connectivity index (χ3n) is 3.33. The average Bonchev–Trinajstić information content (AvgIpc) is 3.20. The molecule has 132 valence electrons. The van der Waals surface area contributed by atoms with E-state index in [0.29, 0.717) is 16.4 Å². The van der Waals surface area contributed by atoms with Crippen LogP contribution in [0.4, 0.5) is 0 Å². The second-order valence-corrected chi connectivity index (χ2v) is 6.64. The van der Waals surface area contributed by atoms with Crippen LogP contribution in [0.15, 0.2) is 59.8 Å². The molecule has 1 heterocycles. The molecule has 0 aliphatic carbocycles. The lowest BCUT2D eigenvalue weighted by molar-refractivity contribution is -0.119. The van der Waals surface area contributed by atoms with Gasteiger partial charge in [-0.05, 0) is 36.4 Å². The topological polar surface area (TPSA) is 99.8 Å². The molecule has 0 aliphatic rings. The minimum Gasteiger partial charge on any atom is -0.272 e. The van der Waals surface area contributed by atoms with Crippen LogP contribution in [-0.2, 0) is 4.79 Å². The van der Waals surface area contributed by atoms with Crippen molar-refractivity contribution in [2.24, 2.45) is 0 Å². The molecule has 0 fully saturated rings. The van der Waals surface area contributed by atoms with Crippen molar-refractivity contribution in [3.8, 4) is 11.4 Å². The number of rotatable bonds is 5. The molecule has 0 saturated heterocycles. The number of nitrogens with one attached hydrogen (secondary N) is 3. The SMILES string of the molecule is O=C(CSc1ccc(Cl)cc1)NNC(=O)c1ccc(-c2ncn[nH]2)cc1. The van der Waals surface area contributed by atoms with Gasteiger partial charge in [0.05, 0.1) is 5.75 Å². The first kappa shape index (κ1) is 18.0. The lowest BCUT2D eigenvalue weighted by atomic mass is 10.1. The Morgan fingerprint density at radius 1 is 1.04 bits per heavy atom. The number of H-pyrrole nitrogens is 1. The Bertz CT molecular complexity index is 883. The maximum absolute atomic E-state index is 12.1. The minimum absolute atomic E-state index is 0.173. The Balaban J connectivity index is 1.47. The monoisotopic (exact) mass is 387 g/mol.